The van der Waals surface area contributed by atoms with Gasteiger partial charge in [0.05, 0.1) is 0 Å². The summed E-state index contributed by atoms with van der Waals surface area (Å²) in [5, 5.41) is 4.83. The molecule has 2 nitrogen and oxygen atoms in total. The molecular formula is C10H13NOS. The Morgan fingerprint density at radius 1 is 1.31 bits per heavy atom. The number of hydrogen-bond donors (Lipinski definition) is 0. The monoisotopic (exact) mass is 195 g/mol. The average molecular weight is 195 g/mol. The van der Waals surface area contributed by atoms with E-state index in [-0.39, 0.29) is 0 Å². The van der Waals surface area contributed by atoms with E-state index < -0.39 is 0 Å². The quantitative estimate of drug-likeness (QED) is 0.411. The zero-order valence-electron chi connectivity index (χ0n) is 8.07. The third-order valence-corrected chi connectivity index (χ3v) is 2.36. The topological polar surface area (TPSA) is 21.6 Å². The summed E-state index contributed by atoms with van der Waals surface area (Å²) in [6.07, 6.45) is 1.98. The molecule has 1 aromatic carbocycles. The Morgan fingerprint density at radius 3 is 2.38 bits per heavy atom. The molecule has 13 heavy (non-hydrogen) atoms. The number of oxime groups is 1. The lowest BCUT2D eigenvalue weighted by atomic mass is 10.2. The van der Waals surface area contributed by atoms with Crippen LogP contribution >= 0.6 is 11.8 Å². The average Bonchev–Trinajstić information content (AvgIpc) is 2.16. The largest absolute Gasteiger partial charge is 0.398 e. The molecule has 0 spiro atoms. The molecule has 0 aliphatic carbocycles. The van der Waals surface area contributed by atoms with Crippen LogP contribution in [0.2, 0.25) is 0 Å². The predicted molar refractivity (Wildman–Crippen MR) is 58.2 cm³/mol. The van der Waals surface area contributed by atoms with Crippen molar-refractivity contribution in [3.63, 3.8) is 0 Å². The molecule has 0 aliphatic rings. The van der Waals surface area contributed by atoms with Gasteiger partial charge in [0.25, 0.3) is 0 Å². The van der Waals surface area contributed by atoms with Crippen molar-refractivity contribution >= 4 is 16.8 Å². The van der Waals surface area contributed by atoms with Crippen molar-refractivity contribution in [1.82, 2.24) is 0 Å². The minimum atomic E-state index is 0.905. The first-order valence-electron chi connectivity index (χ1n) is 4.00. The standard InChI is InChI=1S/C10H13NOS/c1-8-4-6-9(7-5-8)10(13-3)11-12-2/h4-7H,1-3H3/b11-10+. The fourth-order valence-electron chi connectivity index (χ4n) is 0.987. The van der Waals surface area contributed by atoms with Crippen LogP contribution in [0.4, 0.5) is 0 Å². The minimum absolute atomic E-state index is 0.905. The molecule has 70 valence electrons. The van der Waals surface area contributed by atoms with Crippen molar-refractivity contribution in [2.24, 2.45) is 5.16 Å². The summed E-state index contributed by atoms with van der Waals surface area (Å²) in [5.41, 5.74) is 2.35. The highest BCUT2D eigenvalue weighted by Crippen LogP contribution is 2.12. The fourth-order valence-corrected chi connectivity index (χ4v) is 1.51. The van der Waals surface area contributed by atoms with Crippen LogP contribution in [0.25, 0.3) is 0 Å². The lowest BCUT2D eigenvalue weighted by Crippen LogP contribution is -1.95. The van der Waals surface area contributed by atoms with Crippen molar-refractivity contribution in [2.45, 2.75) is 6.92 Å². The number of hydrogen-bond acceptors (Lipinski definition) is 3. The Hall–Kier alpha value is -0.960. The summed E-state index contributed by atoms with van der Waals surface area (Å²) >= 11 is 1.58. The molecule has 0 heterocycles. The van der Waals surface area contributed by atoms with Crippen molar-refractivity contribution in [1.29, 1.82) is 0 Å². The van der Waals surface area contributed by atoms with E-state index in [9.17, 15) is 0 Å². The van der Waals surface area contributed by atoms with Gasteiger partial charge in [-0.25, -0.2) is 0 Å². The second-order valence-corrected chi connectivity index (χ2v) is 3.44. The van der Waals surface area contributed by atoms with Gasteiger partial charge in [-0.3, -0.25) is 0 Å². The summed E-state index contributed by atoms with van der Waals surface area (Å²) in [6, 6.07) is 8.22. The molecule has 0 aliphatic heterocycles. The highest BCUT2D eigenvalue weighted by atomic mass is 32.2. The van der Waals surface area contributed by atoms with Gasteiger partial charge in [0, 0.05) is 5.56 Å². The third kappa shape index (κ3) is 2.77. The van der Waals surface area contributed by atoms with Gasteiger partial charge in [-0.05, 0) is 13.2 Å². The molecule has 0 unspecified atom stereocenters. The van der Waals surface area contributed by atoms with Crippen LogP contribution in [-0.2, 0) is 4.84 Å². The van der Waals surface area contributed by atoms with E-state index in [0.717, 1.165) is 10.6 Å². The van der Waals surface area contributed by atoms with E-state index in [0.29, 0.717) is 0 Å². The van der Waals surface area contributed by atoms with Gasteiger partial charge < -0.3 is 4.84 Å². The smallest absolute Gasteiger partial charge is 0.142 e. The number of rotatable bonds is 2. The maximum atomic E-state index is 4.75. The second-order valence-electron chi connectivity index (χ2n) is 2.65. The van der Waals surface area contributed by atoms with Gasteiger partial charge in [-0.2, -0.15) is 0 Å². The molecule has 0 saturated carbocycles. The summed E-state index contributed by atoms with van der Waals surface area (Å²) in [5.74, 6) is 0. The van der Waals surface area contributed by atoms with Crippen LogP contribution in [0.3, 0.4) is 0 Å². The van der Waals surface area contributed by atoms with Crippen molar-refractivity contribution in [3.8, 4) is 0 Å². The molecule has 0 fully saturated rings. The Bertz CT molecular complexity index is 292. The van der Waals surface area contributed by atoms with Crippen molar-refractivity contribution in [3.05, 3.63) is 35.4 Å². The van der Waals surface area contributed by atoms with Gasteiger partial charge in [-0.15, -0.1) is 11.8 Å². The second kappa shape index (κ2) is 4.92. The van der Waals surface area contributed by atoms with Gasteiger partial charge in [0.2, 0.25) is 0 Å². The van der Waals surface area contributed by atoms with Crippen LogP contribution in [0.5, 0.6) is 0 Å². The predicted octanol–water partition coefficient (Wildman–Crippen LogP) is 2.67. The number of benzene rings is 1. The van der Waals surface area contributed by atoms with Gasteiger partial charge in [-0.1, -0.05) is 35.0 Å². The van der Waals surface area contributed by atoms with E-state index in [4.69, 9.17) is 4.84 Å². The van der Waals surface area contributed by atoms with Crippen molar-refractivity contribution < 1.29 is 4.84 Å². The van der Waals surface area contributed by atoms with E-state index in [1.54, 1.807) is 18.9 Å². The summed E-state index contributed by atoms with van der Waals surface area (Å²) in [7, 11) is 1.56. The van der Waals surface area contributed by atoms with Crippen LogP contribution in [0.15, 0.2) is 29.4 Å². The van der Waals surface area contributed by atoms with E-state index in [2.05, 4.69) is 24.2 Å². The van der Waals surface area contributed by atoms with Crippen LogP contribution < -0.4 is 0 Å². The highest BCUT2D eigenvalue weighted by Gasteiger charge is 2.01. The lowest BCUT2D eigenvalue weighted by Gasteiger charge is -2.01. The Kier molecular flexibility index (Phi) is 3.83. The van der Waals surface area contributed by atoms with Gasteiger partial charge in [0.15, 0.2) is 0 Å². The third-order valence-electron chi connectivity index (χ3n) is 1.67. The number of nitrogens with zero attached hydrogens (tertiary/aromatic N) is 1. The van der Waals surface area contributed by atoms with E-state index >= 15 is 0 Å². The first-order chi connectivity index (χ1) is 6.27. The van der Waals surface area contributed by atoms with Gasteiger partial charge >= 0.3 is 0 Å². The Morgan fingerprint density at radius 2 is 1.92 bits per heavy atom. The number of thioether (sulfide) groups is 1. The first kappa shape index (κ1) is 10.1. The van der Waals surface area contributed by atoms with Crippen LogP contribution in [0.1, 0.15) is 11.1 Å². The zero-order valence-corrected chi connectivity index (χ0v) is 8.89. The van der Waals surface area contributed by atoms with Crippen LogP contribution in [-0.4, -0.2) is 18.4 Å². The molecule has 1 aromatic rings. The Labute approximate surface area is 83.0 Å². The van der Waals surface area contributed by atoms with Crippen molar-refractivity contribution in [2.75, 3.05) is 13.4 Å². The highest BCUT2D eigenvalue weighted by molar-refractivity contribution is 8.13. The van der Waals surface area contributed by atoms with Gasteiger partial charge in [0.1, 0.15) is 12.2 Å². The zero-order chi connectivity index (χ0) is 9.68. The van der Waals surface area contributed by atoms with Crippen LogP contribution in [0, 0.1) is 6.92 Å². The molecule has 0 radical (unpaired) electrons. The molecule has 0 N–H and O–H groups in total. The molecular weight excluding hydrogens is 182 g/mol. The van der Waals surface area contributed by atoms with E-state index in [1.807, 2.05) is 18.4 Å². The van der Waals surface area contributed by atoms with E-state index in [1.165, 1.54) is 5.56 Å². The maximum absolute atomic E-state index is 4.75. The maximum Gasteiger partial charge on any atom is 0.142 e. The summed E-state index contributed by atoms with van der Waals surface area (Å²) in [4.78, 5) is 4.75. The molecule has 3 heteroatoms. The fraction of sp³-hybridized carbons (Fsp3) is 0.300. The normalized spacial score (nSPS) is 11.5. The first-order valence-corrected chi connectivity index (χ1v) is 5.22. The number of aryl methyl sites for hydroxylation is 1. The minimum Gasteiger partial charge on any atom is -0.398 e. The molecule has 0 bridgehead atoms. The molecule has 0 aromatic heterocycles. The molecule has 1 rings (SSSR count). The SMILES string of the molecule is CO/N=C(/SC)c1ccc(C)cc1. The molecule has 0 amide bonds. The molecule has 0 atom stereocenters. The summed E-state index contributed by atoms with van der Waals surface area (Å²) in [6.45, 7) is 2.07. The molecule has 0 saturated heterocycles. The lowest BCUT2D eigenvalue weighted by molar-refractivity contribution is 0.215. The Balaban J connectivity index is 2.92. The summed E-state index contributed by atoms with van der Waals surface area (Å²) < 4.78 is 0.